The molecule has 1 fully saturated rings. The number of nitrogen functional groups attached to an aromatic ring is 1. The van der Waals surface area contributed by atoms with Gasteiger partial charge >= 0.3 is 0 Å². The molecule has 1 saturated carbocycles. The summed E-state index contributed by atoms with van der Waals surface area (Å²) in [4.78, 5) is 2.56. The van der Waals surface area contributed by atoms with Crippen LogP contribution in [0.5, 0.6) is 5.75 Å². The van der Waals surface area contributed by atoms with Crippen LogP contribution in [0.4, 0.5) is 5.69 Å². The van der Waals surface area contributed by atoms with Crippen LogP contribution >= 0.6 is 0 Å². The van der Waals surface area contributed by atoms with E-state index in [1.807, 2.05) is 6.07 Å². The van der Waals surface area contributed by atoms with Gasteiger partial charge in [0, 0.05) is 29.4 Å². The van der Waals surface area contributed by atoms with Crippen molar-refractivity contribution in [2.45, 2.75) is 51.8 Å². The van der Waals surface area contributed by atoms with Gasteiger partial charge < -0.3 is 15.2 Å². The molecule has 4 heteroatoms. The number of hydrogen-bond donors (Lipinski definition) is 1. The Morgan fingerprint density at radius 3 is 2.85 bits per heavy atom. The van der Waals surface area contributed by atoms with Crippen molar-refractivity contribution in [3.63, 3.8) is 0 Å². The molecule has 0 saturated heterocycles. The van der Waals surface area contributed by atoms with E-state index in [1.54, 1.807) is 0 Å². The van der Waals surface area contributed by atoms with Gasteiger partial charge in [-0.15, -0.1) is 0 Å². The Labute approximate surface area is 120 Å². The molecule has 1 heterocycles. The fourth-order valence-electron chi connectivity index (χ4n) is 3.43. The summed E-state index contributed by atoms with van der Waals surface area (Å²) in [5.74, 6) is 0.988. The van der Waals surface area contributed by atoms with Gasteiger partial charge in [0.1, 0.15) is 5.75 Å². The Morgan fingerprint density at radius 2 is 2.10 bits per heavy atom. The predicted octanol–water partition coefficient (Wildman–Crippen LogP) is 2.90. The van der Waals surface area contributed by atoms with Crippen LogP contribution in [0.25, 0.3) is 0 Å². The molecule has 3 rings (SSSR count). The predicted molar refractivity (Wildman–Crippen MR) is 79.5 cm³/mol. The standard InChI is InChI=1S/C16H24N2O2/c1-2-18(15-5-3-4-6-15)9-12-7-14(17)8-13-10-19-11-20-16(12)13/h7-8,15H,2-6,9-11,17H2,1H3. The zero-order valence-corrected chi connectivity index (χ0v) is 12.2. The summed E-state index contributed by atoms with van der Waals surface area (Å²) in [6.07, 6.45) is 5.37. The Balaban J connectivity index is 1.83. The van der Waals surface area contributed by atoms with Crippen LogP contribution in [0.15, 0.2) is 12.1 Å². The molecule has 0 amide bonds. The first-order chi connectivity index (χ1) is 9.78. The van der Waals surface area contributed by atoms with E-state index < -0.39 is 0 Å². The largest absolute Gasteiger partial charge is 0.467 e. The van der Waals surface area contributed by atoms with Crippen molar-refractivity contribution >= 4 is 5.69 Å². The first-order valence-electron chi connectivity index (χ1n) is 7.63. The van der Waals surface area contributed by atoms with Gasteiger partial charge in [-0.25, -0.2) is 0 Å². The second-order valence-electron chi connectivity index (χ2n) is 5.78. The van der Waals surface area contributed by atoms with Crippen LogP contribution in [-0.2, 0) is 17.9 Å². The molecule has 1 aromatic carbocycles. The maximum atomic E-state index is 6.02. The summed E-state index contributed by atoms with van der Waals surface area (Å²) >= 11 is 0. The number of fused-ring (bicyclic) bond motifs is 1. The second kappa shape index (κ2) is 6.02. The van der Waals surface area contributed by atoms with Crippen molar-refractivity contribution < 1.29 is 9.47 Å². The zero-order chi connectivity index (χ0) is 13.9. The molecule has 4 nitrogen and oxygen atoms in total. The van der Waals surface area contributed by atoms with Gasteiger partial charge in [-0.2, -0.15) is 0 Å². The molecule has 2 N–H and O–H groups in total. The SMILES string of the molecule is CCN(Cc1cc(N)cc2c1OCOC2)C1CCCC1. The van der Waals surface area contributed by atoms with E-state index in [1.165, 1.54) is 31.2 Å². The molecular formula is C16H24N2O2. The minimum absolute atomic E-state index is 0.347. The van der Waals surface area contributed by atoms with Crippen LogP contribution in [0.2, 0.25) is 0 Å². The lowest BCUT2D eigenvalue weighted by Gasteiger charge is -2.29. The third-order valence-corrected chi connectivity index (χ3v) is 4.43. The summed E-state index contributed by atoms with van der Waals surface area (Å²) in [6, 6.07) is 4.74. The van der Waals surface area contributed by atoms with E-state index in [0.29, 0.717) is 13.4 Å². The number of ether oxygens (including phenoxy) is 2. The topological polar surface area (TPSA) is 47.7 Å². The van der Waals surface area contributed by atoms with Crippen molar-refractivity contribution in [2.75, 3.05) is 19.1 Å². The molecule has 0 unspecified atom stereocenters. The highest BCUT2D eigenvalue weighted by Gasteiger charge is 2.24. The summed E-state index contributed by atoms with van der Waals surface area (Å²) < 4.78 is 11.1. The van der Waals surface area contributed by atoms with Gasteiger partial charge in [0.2, 0.25) is 0 Å². The van der Waals surface area contributed by atoms with E-state index in [4.69, 9.17) is 15.2 Å². The van der Waals surface area contributed by atoms with Gasteiger partial charge in [0.25, 0.3) is 0 Å². The van der Waals surface area contributed by atoms with Gasteiger partial charge in [-0.1, -0.05) is 19.8 Å². The average Bonchev–Trinajstić information content (AvgIpc) is 2.98. The summed E-state index contributed by atoms with van der Waals surface area (Å²) in [6.45, 7) is 5.18. The van der Waals surface area contributed by atoms with Crippen LogP contribution < -0.4 is 10.5 Å². The van der Waals surface area contributed by atoms with E-state index in [9.17, 15) is 0 Å². The van der Waals surface area contributed by atoms with E-state index in [0.717, 1.165) is 36.1 Å². The van der Waals surface area contributed by atoms with E-state index in [-0.39, 0.29) is 0 Å². The number of rotatable bonds is 4. The van der Waals surface area contributed by atoms with Crippen LogP contribution in [0.3, 0.4) is 0 Å². The van der Waals surface area contributed by atoms with Crippen LogP contribution in [0.1, 0.15) is 43.7 Å². The highest BCUT2D eigenvalue weighted by molar-refractivity contribution is 5.53. The zero-order valence-electron chi connectivity index (χ0n) is 12.2. The van der Waals surface area contributed by atoms with Crippen LogP contribution in [0, 0.1) is 0 Å². The van der Waals surface area contributed by atoms with Crippen LogP contribution in [-0.4, -0.2) is 24.3 Å². The smallest absolute Gasteiger partial charge is 0.189 e. The van der Waals surface area contributed by atoms with E-state index >= 15 is 0 Å². The maximum absolute atomic E-state index is 6.02. The van der Waals surface area contributed by atoms with Gasteiger partial charge in [-0.3, -0.25) is 4.90 Å². The minimum Gasteiger partial charge on any atom is -0.467 e. The number of nitrogens with zero attached hydrogens (tertiary/aromatic N) is 1. The number of anilines is 1. The minimum atomic E-state index is 0.347. The number of benzene rings is 1. The quantitative estimate of drug-likeness (QED) is 0.859. The highest BCUT2D eigenvalue weighted by atomic mass is 16.7. The van der Waals surface area contributed by atoms with Crippen molar-refractivity contribution in [1.82, 2.24) is 4.90 Å². The first kappa shape index (κ1) is 13.7. The van der Waals surface area contributed by atoms with Crippen molar-refractivity contribution in [1.29, 1.82) is 0 Å². The third kappa shape index (κ3) is 2.76. The summed E-state index contributed by atoms with van der Waals surface area (Å²) in [7, 11) is 0. The molecule has 110 valence electrons. The normalized spacial score (nSPS) is 19.1. The second-order valence-corrected chi connectivity index (χ2v) is 5.78. The Hall–Kier alpha value is -1.26. The Morgan fingerprint density at radius 1 is 1.30 bits per heavy atom. The van der Waals surface area contributed by atoms with Crippen molar-refractivity contribution in [3.05, 3.63) is 23.3 Å². The molecule has 0 atom stereocenters. The number of nitrogens with two attached hydrogens (primary N) is 1. The van der Waals surface area contributed by atoms with Gasteiger partial charge in [0.05, 0.1) is 6.61 Å². The molecule has 1 aliphatic carbocycles. The van der Waals surface area contributed by atoms with Gasteiger partial charge in [0.15, 0.2) is 6.79 Å². The summed E-state index contributed by atoms with van der Waals surface area (Å²) in [5, 5.41) is 0. The summed E-state index contributed by atoms with van der Waals surface area (Å²) in [5.41, 5.74) is 9.11. The molecule has 0 aromatic heterocycles. The monoisotopic (exact) mass is 276 g/mol. The molecule has 2 aliphatic rings. The van der Waals surface area contributed by atoms with Gasteiger partial charge in [-0.05, 0) is 31.5 Å². The molecule has 0 bridgehead atoms. The molecule has 1 aliphatic heterocycles. The number of hydrogen-bond acceptors (Lipinski definition) is 4. The fraction of sp³-hybridized carbons (Fsp3) is 0.625. The lowest BCUT2D eigenvalue weighted by Crippen LogP contribution is -2.33. The molecule has 0 radical (unpaired) electrons. The van der Waals surface area contributed by atoms with Crippen molar-refractivity contribution in [2.24, 2.45) is 0 Å². The highest BCUT2D eigenvalue weighted by Crippen LogP contribution is 2.33. The lowest BCUT2D eigenvalue weighted by molar-refractivity contribution is -0.0175. The molecule has 0 spiro atoms. The Kier molecular flexibility index (Phi) is 4.13. The molecule has 20 heavy (non-hydrogen) atoms. The third-order valence-electron chi connectivity index (χ3n) is 4.43. The first-order valence-corrected chi connectivity index (χ1v) is 7.63. The Bertz CT molecular complexity index is 470. The fourth-order valence-corrected chi connectivity index (χ4v) is 3.43. The lowest BCUT2D eigenvalue weighted by atomic mass is 10.1. The van der Waals surface area contributed by atoms with E-state index in [2.05, 4.69) is 17.9 Å². The average molecular weight is 276 g/mol. The molecule has 1 aromatic rings. The van der Waals surface area contributed by atoms with Crippen molar-refractivity contribution in [3.8, 4) is 5.75 Å². The molecular weight excluding hydrogens is 252 g/mol. The maximum Gasteiger partial charge on any atom is 0.189 e.